The zero-order chi connectivity index (χ0) is 25.2. The molecule has 0 aliphatic rings. The number of benzene rings is 2. The predicted octanol–water partition coefficient (Wildman–Crippen LogP) is 4.32. The van der Waals surface area contributed by atoms with Crippen LogP contribution in [0.2, 0.25) is 0 Å². The summed E-state index contributed by atoms with van der Waals surface area (Å²) >= 11 is 4.36. The summed E-state index contributed by atoms with van der Waals surface area (Å²) in [6.07, 6.45) is 1.44. The number of esters is 1. The van der Waals surface area contributed by atoms with Gasteiger partial charge in [-0.3, -0.25) is 9.59 Å². The molecule has 1 amide bonds. The van der Waals surface area contributed by atoms with E-state index in [0.717, 1.165) is 10.1 Å². The maximum absolute atomic E-state index is 12.2. The van der Waals surface area contributed by atoms with Gasteiger partial charge in [-0.05, 0) is 24.6 Å². The Morgan fingerprint density at radius 2 is 1.69 bits per heavy atom. The maximum Gasteiger partial charge on any atom is 0.308 e. The van der Waals surface area contributed by atoms with Crippen LogP contribution >= 0.6 is 34.9 Å². The standard InChI is InChI=1S/C23H24N4O5S3/c1-14-5-7-16(8-6-14)12-33-22-26-27-23(35-22)34-13-20(29)25-24-11-17-9-18(30-3)21(32-15(2)28)19(10-17)31-4/h5-11H,12-13H2,1-4H3,(H,25,29)/b24-11+. The van der Waals surface area contributed by atoms with Crippen LogP contribution in [0.3, 0.4) is 0 Å². The first-order valence-corrected chi connectivity index (χ1v) is 13.1. The molecule has 0 atom stereocenters. The van der Waals surface area contributed by atoms with Crippen molar-refractivity contribution in [3.63, 3.8) is 0 Å². The van der Waals surface area contributed by atoms with Gasteiger partial charge in [-0.15, -0.1) is 10.2 Å². The van der Waals surface area contributed by atoms with E-state index in [1.54, 1.807) is 23.9 Å². The molecule has 0 saturated carbocycles. The summed E-state index contributed by atoms with van der Waals surface area (Å²) in [5.41, 5.74) is 5.51. The maximum atomic E-state index is 12.2. The molecule has 0 aliphatic heterocycles. The molecule has 1 N–H and O–H groups in total. The van der Waals surface area contributed by atoms with Crippen LogP contribution in [0, 0.1) is 6.92 Å². The van der Waals surface area contributed by atoms with Gasteiger partial charge in [-0.1, -0.05) is 64.7 Å². The fourth-order valence-corrected chi connectivity index (χ4v) is 5.47. The van der Waals surface area contributed by atoms with Crippen LogP contribution in [0.15, 0.2) is 50.2 Å². The Morgan fingerprint density at radius 1 is 1.06 bits per heavy atom. The molecule has 0 aliphatic carbocycles. The molecule has 12 heteroatoms. The highest BCUT2D eigenvalue weighted by molar-refractivity contribution is 8.03. The molecule has 0 unspecified atom stereocenters. The summed E-state index contributed by atoms with van der Waals surface area (Å²) in [5.74, 6) is 0.948. The fourth-order valence-electron chi connectivity index (χ4n) is 2.70. The lowest BCUT2D eigenvalue weighted by molar-refractivity contribution is -0.132. The number of methoxy groups -OCH3 is 2. The van der Waals surface area contributed by atoms with Crippen molar-refractivity contribution in [1.82, 2.24) is 15.6 Å². The molecule has 0 radical (unpaired) electrons. The zero-order valence-electron chi connectivity index (χ0n) is 19.6. The number of thioether (sulfide) groups is 2. The number of nitrogens with zero attached hydrogens (tertiary/aromatic N) is 3. The first-order chi connectivity index (χ1) is 16.9. The molecule has 3 aromatic rings. The molecule has 0 spiro atoms. The minimum Gasteiger partial charge on any atom is -0.493 e. The number of carbonyl (C=O) groups excluding carboxylic acids is 2. The number of hydrazone groups is 1. The summed E-state index contributed by atoms with van der Waals surface area (Å²) in [6.45, 7) is 3.35. The third kappa shape index (κ3) is 8.26. The third-order valence-corrected chi connectivity index (χ3v) is 7.59. The lowest BCUT2D eigenvalue weighted by atomic mass is 10.2. The quantitative estimate of drug-likeness (QED) is 0.127. The average molecular weight is 533 g/mol. The lowest BCUT2D eigenvalue weighted by Gasteiger charge is -2.13. The van der Waals surface area contributed by atoms with Crippen molar-refractivity contribution in [2.75, 3.05) is 20.0 Å². The number of nitrogens with one attached hydrogen (secondary N) is 1. The smallest absolute Gasteiger partial charge is 0.308 e. The summed E-state index contributed by atoms with van der Waals surface area (Å²) in [7, 11) is 2.89. The number of hydrogen-bond acceptors (Lipinski definition) is 11. The Hall–Kier alpha value is -3.09. The summed E-state index contributed by atoms with van der Waals surface area (Å²) in [6, 6.07) is 11.6. The van der Waals surface area contributed by atoms with Crippen molar-refractivity contribution in [2.45, 2.75) is 28.3 Å². The van der Waals surface area contributed by atoms with Crippen LogP contribution in [0.4, 0.5) is 0 Å². The number of carbonyl (C=O) groups is 2. The van der Waals surface area contributed by atoms with E-state index in [4.69, 9.17) is 14.2 Å². The second-order valence-electron chi connectivity index (χ2n) is 7.04. The fraction of sp³-hybridized carbons (Fsp3) is 0.261. The van der Waals surface area contributed by atoms with E-state index in [1.165, 1.54) is 61.6 Å². The summed E-state index contributed by atoms with van der Waals surface area (Å²) in [4.78, 5) is 23.5. The number of hydrogen-bond donors (Lipinski definition) is 1. The first-order valence-electron chi connectivity index (χ1n) is 10.3. The molecule has 9 nitrogen and oxygen atoms in total. The van der Waals surface area contributed by atoms with Crippen molar-refractivity contribution in [3.8, 4) is 17.2 Å². The van der Waals surface area contributed by atoms with Crippen molar-refractivity contribution >= 4 is 53.0 Å². The second kappa shape index (κ2) is 13.1. The van der Waals surface area contributed by atoms with E-state index < -0.39 is 5.97 Å². The lowest BCUT2D eigenvalue weighted by Crippen LogP contribution is -2.19. The highest BCUT2D eigenvalue weighted by Crippen LogP contribution is 2.38. The zero-order valence-corrected chi connectivity index (χ0v) is 22.0. The molecule has 0 bridgehead atoms. The van der Waals surface area contributed by atoms with Crippen molar-refractivity contribution < 1.29 is 23.8 Å². The Labute approximate surface area is 215 Å². The van der Waals surface area contributed by atoms with Gasteiger partial charge < -0.3 is 14.2 Å². The Balaban J connectivity index is 1.49. The first kappa shape index (κ1) is 26.5. The SMILES string of the molecule is COc1cc(/C=N/NC(=O)CSc2nnc(SCc3ccc(C)cc3)s2)cc(OC)c1OC(C)=O. The van der Waals surface area contributed by atoms with Crippen LogP contribution in [0.25, 0.3) is 0 Å². The van der Waals surface area contributed by atoms with Crippen molar-refractivity contribution in [1.29, 1.82) is 0 Å². The number of amides is 1. The van der Waals surface area contributed by atoms with E-state index in [1.807, 2.05) is 0 Å². The highest BCUT2D eigenvalue weighted by atomic mass is 32.2. The molecule has 184 valence electrons. The molecule has 1 heterocycles. The monoisotopic (exact) mass is 532 g/mol. The van der Waals surface area contributed by atoms with Gasteiger partial charge in [0.25, 0.3) is 5.91 Å². The Morgan fingerprint density at radius 3 is 2.29 bits per heavy atom. The van der Waals surface area contributed by atoms with E-state index >= 15 is 0 Å². The third-order valence-electron chi connectivity index (χ3n) is 4.33. The number of aryl methyl sites for hydroxylation is 1. The highest BCUT2D eigenvalue weighted by Gasteiger charge is 2.16. The summed E-state index contributed by atoms with van der Waals surface area (Å²) < 4.78 is 17.3. The van der Waals surface area contributed by atoms with Gasteiger partial charge in [-0.25, -0.2) is 5.43 Å². The molecule has 1 aromatic heterocycles. The van der Waals surface area contributed by atoms with Crippen LogP contribution in [0.1, 0.15) is 23.6 Å². The van der Waals surface area contributed by atoms with Gasteiger partial charge >= 0.3 is 5.97 Å². The van der Waals surface area contributed by atoms with Crippen molar-refractivity contribution in [3.05, 3.63) is 53.1 Å². The predicted molar refractivity (Wildman–Crippen MR) is 138 cm³/mol. The second-order valence-corrected chi connectivity index (χ2v) is 10.5. The largest absolute Gasteiger partial charge is 0.493 e. The van der Waals surface area contributed by atoms with Gasteiger partial charge in [0.15, 0.2) is 20.2 Å². The van der Waals surface area contributed by atoms with Crippen molar-refractivity contribution in [2.24, 2.45) is 5.10 Å². The van der Waals surface area contributed by atoms with E-state index in [2.05, 4.69) is 51.9 Å². The normalized spacial score (nSPS) is 10.9. The number of aromatic nitrogens is 2. The van der Waals surface area contributed by atoms with E-state index in [0.29, 0.717) is 21.4 Å². The average Bonchev–Trinajstić information content (AvgIpc) is 3.30. The molecular formula is C23H24N4O5S3. The Bertz CT molecular complexity index is 1170. The van der Waals surface area contributed by atoms with Gasteiger partial charge in [0.05, 0.1) is 26.2 Å². The summed E-state index contributed by atoms with van der Waals surface area (Å²) in [5, 5.41) is 12.3. The molecule has 0 saturated heterocycles. The van der Waals surface area contributed by atoms with Crippen LogP contribution in [-0.2, 0) is 15.3 Å². The molecule has 3 rings (SSSR count). The molecule has 35 heavy (non-hydrogen) atoms. The van der Waals surface area contributed by atoms with Gasteiger partial charge in [-0.2, -0.15) is 5.10 Å². The van der Waals surface area contributed by atoms with E-state index in [9.17, 15) is 9.59 Å². The van der Waals surface area contributed by atoms with Crippen LogP contribution in [0.5, 0.6) is 17.2 Å². The minimum atomic E-state index is -0.500. The molecular weight excluding hydrogens is 508 g/mol. The van der Waals surface area contributed by atoms with Crippen LogP contribution < -0.4 is 19.6 Å². The Kier molecular flexibility index (Phi) is 9.94. The number of rotatable bonds is 11. The van der Waals surface area contributed by atoms with Gasteiger partial charge in [0.1, 0.15) is 0 Å². The van der Waals surface area contributed by atoms with E-state index in [-0.39, 0.29) is 17.4 Å². The van der Waals surface area contributed by atoms with Crippen LogP contribution in [-0.4, -0.2) is 48.3 Å². The number of ether oxygens (including phenoxy) is 3. The molecule has 0 fully saturated rings. The topological polar surface area (TPSA) is 112 Å². The minimum absolute atomic E-state index is 0.145. The van der Waals surface area contributed by atoms with Gasteiger partial charge in [0.2, 0.25) is 5.75 Å². The van der Waals surface area contributed by atoms with Gasteiger partial charge in [0, 0.05) is 18.2 Å². The molecule has 2 aromatic carbocycles.